The number of carbonyl (C=O) groups is 1. The Morgan fingerprint density at radius 1 is 1.42 bits per heavy atom. The van der Waals surface area contributed by atoms with E-state index >= 15 is 0 Å². The molecule has 0 saturated carbocycles. The number of amides is 1. The fourth-order valence-electron chi connectivity index (χ4n) is 1.30. The molecule has 0 bridgehead atoms. The molecule has 0 aliphatic carbocycles. The topological polar surface area (TPSA) is 75.3 Å². The van der Waals surface area contributed by atoms with Gasteiger partial charge < -0.3 is 5.32 Å². The van der Waals surface area contributed by atoms with Gasteiger partial charge in [-0.15, -0.1) is 0 Å². The van der Waals surface area contributed by atoms with E-state index in [2.05, 4.69) is 10.0 Å². The van der Waals surface area contributed by atoms with Crippen molar-refractivity contribution in [1.82, 2.24) is 10.0 Å². The molecular formula is C11H14ClFN2O3S. The van der Waals surface area contributed by atoms with E-state index in [0.29, 0.717) is 0 Å². The van der Waals surface area contributed by atoms with Gasteiger partial charge in [0.05, 0.1) is 11.6 Å². The summed E-state index contributed by atoms with van der Waals surface area (Å²) in [4.78, 5) is 11.1. The molecule has 0 spiro atoms. The van der Waals surface area contributed by atoms with E-state index in [4.69, 9.17) is 11.6 Å². The van der Waals surface area contributed by atoms with E-state index in [1.165, 1.54) is 0 Å². The van der Waals surface area contributed by atoms with Crippen LogP contribution in [0.2, 0.25) is 5.02 Å². The minimum atomic E-state index is -3.95. The molecule has 2 N–H and O–H groups in total. The first-order valence-electron chi connectivity index (χ1n) is 5.46. The predicted octanol–water partition coefficient (Wildman–Crippen LogP) is 1.28. The number of nitrogens with one attached hydrogen (secondary N) is 2. The van der Waals surface area contributed by atoms with Crippen LogP contribution in [-0.4, -0.2) is 26.9 Å². The maximum absolute atomic E-state index is 12.8. The first-order chi connectivity index (χ1) is 8.72. The maximum atomic E-state index is 12.8. The van der Waals surface area contributed by atoms with Crippen LogP contribution in [-0.2, 0) is 14.8 Å². The lowest BCUT2D eigenvalue weighted by Gasteiger charge is -2.10. The van der Waals surface area contributed by atoms with Crippen molar-refractivity contribution in [2.75, 3.05) is 6.54 Å². The monoisotopic (exact) mass is 308 g/mol. The van der Waals surface area contributed by atoms with Crippen LogP contribution in [0.4, 0.5) is 4.39 Å². The van der Waals surface area contributed by atoms with Crippen LogP contribution in [0.25, 0.3) is 0 Å². The standard InChI is InChI=1S/C11H14ClFN2O3S/c1-7(2)15-11(16)6-14-19(17,18)10-4-3-8(13)5-9(10)12/h3-5,7,14H,6H2,1-2H3,(H,15,16). The molecule has 1 amide bonds. The summed E-state index contributed by atoms with van der Waals surface area (Å²) in [5.41, 5.74) is 0. The van der Waals surface area contributed by atoms with Crippen LogP contribution in [0.5, 0.6) is 0 Å². The van der Waals surface area contributed by atoms with Crippen molar-refractivity contribution < 1.29 is 17.6 Å². The number of sulfonamides is 1. The minimum absolute atomic E-state index is 0.0913. The Morgan fingerprint density at radius 3 is 2.58 bits per heavy atom. The average molecular weight is 309 g/mol. The summed E-state index contributed by atoms with van der Waals surface area (Å²) in [5.74, 6) is -1.10. The van der Waals surface area contributed by atoms with Crippen LogP contribution in [0.15, 0.2) is 23.1 Å². The zero-order chi connectivity index (χ0) is 14.6. The third kappa shape index (κ3) is 4.77. The van der Waals surface area contributed by atoms with Gasteiger partial charge in [-0.2, -0.15) is 0 Å². The van der Waals surface area contributed by atoms with E-state index < -0.39 is 28.3 Å². The van der Waals surface area contributed by atoms with Crippen LogP contribution in [0, 0.1) is 5.82 Å². The molecule has 1 aromatic rings. The van der Waals surface area contributed by atoms with Gasteiger partial charge in [0.2, 0.25) is 15.9 Å². The van der Waals surface area contributed by atoms with Crippen molar-refractivity contribution in [3.63, 3.8) is 0 Å². The summed E-state index contributed by atoms with van der Waals surface area (Å²) in [6, 6.07) is 2.82. The van der Waals surface area contributed by atoms with Crippen LogP contribution >= 0.6 is 11.6 Å². The molecule has 0 unspecified atom stereocenters. The van der Waals surface area contributed by atoms with E-state index in [-0.39, 0.29) is 16.0 Å². The molecular weight excluding hydrogens is 295 g/mol. The number of carbonyl (C=O) groups excluding carboxylic acids is 1. The molecule has 0 atom stereocenters. The Labute approximate surface area is 116 Å². The van der Waals surface area contributed by atoms with Crippen LogP contribution in [0.1, 0.15) is 13.8 Å². The minimum Gasteiger partial charge on any atom is -0.353 e. The highest BCUT2D eigenvalue weighted by Crippen LogP contribution is 2.21. The van der Waals surface area contributed by atoms with Crippen molar-refractivity contribution in [3.8, 4) is 0 Å². The summed E-state index contributed by atoms with van der Waals surface area (Å²) in [6.45, 7) is 3.10. The van der Waals surface area contributed by atoms with Gasteiger partial charge in [0.1, 0.15) is 10.7 Å². The average Bonchev–Trinajstić information content (AvgIpc) is 2.25. The summed E-state index contributed by atoms with van der Waals surface area (Å²) >= 11 is 5.65. The van der Waals surface area contributed by atoms with Gasteiger partial charge in [0, 0.05) is 6.04 Å². The second-order valence-corrected chi connectivity index (χ2v) is 6.26. The molecule has 1 aromatic carbocycles. The van der Waals surface area contributed by atoms with Gasteiger partial charge in [-0.1, -0.05) is 11.6 Å². The number of benzene rings is 1. The van der Waals surface area contributed by atoms with Crippen molar-refractivity contribution in [1.29, 1.82) is 0 Å². The zero-order valence-electron chi connectivity index (χ0n) is 10.4. The number of hydrogen-bond donors (Lipinski definition) is 2. The summed E-state index contributed by atoms with van der Waals surface area (Å²) in [5, 5.41) is 2.29. The third-order valence-electron chi connectivity index (χ3n) is 2.06. The Hall–Kier alpha value is -1.18. The molecule has 0 aliphatic rings. The van der Waals surface area contributed by atoms with Crippen LogP contribution < -0.4 is 10.0 Å². The zero-order valence-corrected chi connectivity index (χ0v) is 12.0. The van der Waals surface area contributed by atoms with E-state index in [1.54, 1.807) is 13.8 Å². The van der Waals surface area contributed by atoms with Crippen molar-refractivity contribution in [2.45, 2.75) is 24.8 Å². The Kier molecular flexibility index (Phi) is 5.28. The van der Waals surface area contributed by atoms with E-state index in [1.807, 2.05) is 0 Å². The molecule has 0 aromatic heterocycles. The van der Waals surface area contributed by atoms with Gasteiger partial charge in [0.15, 0.2) is 0 Å². The highest BCUT2D eigenvalue weighted by atomic mass is 35.5. The van der Waals surface area contributed by atoms with Crippen molar-refractivity contribution >= 4 is 27.5 Å². The van der Waals surface area contributed by atoms with Crippen LogP contribution in [0.3, 0.4) is 0 Å². The van der Waals surface area contributed by atoms with E-state index in [9.17, 15) is 17.6 Å². The van der Waals surface area contributed by atoms with Gasteiger partial charge in [-0.3, -0.25) is 4.79 Å². The number of hydrogen-bond acceptors (Lipinski definition) is 3. The van der Waals surface area contributed by atoms with Crippen molar-refractivity contribution in [3.05, 3.63) is 29.0 Å². The lowest BCUT2D eigenvalue weighted by molar-refractivity contribution is -0.120. The summed E-state index contributed by atoms with van der Waals surface area (Å²) < 4.78 is 38.6. The van der Waals surface area contributed by atoms with Gasteiger partial charge in [-0.25, -0.2) is 17.5 Å². The SMILES string of the molecule is CC(C)NC(=O)CNS(=O)(=O)c1ccc(F)cc1Cl. The number of halogens is 2. The molecule has 1 rings (SSSR count). The van der Waals surface area contributed by atoms with Crippen molar-refractivity contribution in [2.24, 2.45) is 0 Å². The fourth-order valence-corrected chi connectivity index (χ4v) is 2.82. The molecule has 5 nitrogen and oxygen atoms in total. The molecule has 0 fully saturated rings. The van der Waals surface area contributed by atoms with Gasteiger partial charge >= 0.3 is 0 Å². The summed E-state index contributed by atoms with van der Waals surface area (Å²) in [6.07, 6.45) is 0. The molecule has 0 saturated heterocycles. The second kappa shape index (κ2) is 6.31. The fraction of sp³-hybridized carbons (Fsp3) is 0.364. The van der Waals surface area contributed by atoms with Gasteiger partial charge in [0.25, 0.3) is 0 Å². The third-order valence-corrected chi connectivity index (χ3v) is 3.94. The highest BCUT2D eigenvalue weighted by molar-refractivity contribution is 7.89. The lowest BCUT2D eigenvalue weighted by atomic mass is 10.3. The largest absolute Gasteiger partial charge is 0.353 e. The number of rotatable bonds is 5. The Morgan fingerprint density at radius 2 is 2.05 bits per heavy atom. The quantitative estimate of drug-likeness (QED) is 0.860. The first kappa shape index (κ1) is 15.9. The van der Waals surface area contributed by atoms with Gasteiger partial charge in [-0.05, 0) is 32.0 Å². The second-order valence-electron chi connectivity index (χ2n) is 4.12. The molecule has 0 radical (unpaired) electrons. The smallest absolute Gasteiger partial charge is 0.242 e. The molecule has 8 heteroatoms. The Bertz CT molecular complexity index is 575. The summed E-state index contributed by atoms with van der Waals surface area (Å²) in [7, 11) is -3.95. The normalized spacial score (nSPS) is 11.6. The highest BCUT2D eigenvalue weighted by Gasteiger charge is 2.19. The van der Waals surface area contributed by atoms with E-state index in [0.717, 1.165) is 18.2 Å². The lowest BCUT2D eigenvalue weighted by Crippen LogP contribution is -2.39. The first-order valence-corrected chi connectivity index (χ1v) is 7.32. The molecule has 19 heavy (non-hydrogen) atoms. The molecule has 0 aliphatic heterocycles. The maximum Gasteiger partial charge on any atom is 0.242 e. The molecule has 0 heterocycles. The Balaban J connectivity index is 2.79. The predicted molar refractivity (Wildman–Crippen MR) is 69.9 cm³/mol. The molecule has 106 valence electrons.